The van der Waals surface area contributed by atoms with Gasteiger partial charge < -0.3 is 14.6 Å². The molecule has 7 nitrogen and oxygen atoms in total. The molecule has 1 aliphatic heterocycles. The van der Waals surface area contributed by atoms with Crippen LogP contribution in [-0.4, -0.2) is 37.8 Å². The number of nitrogens with one attached hydrogen (secondary N) is 2. The molecule has 10 heteroatoms. The average molecular weight is 490 g/mol. The number of carbonyl (C=O) groups is 1. The largest absolute Gasteiger partial charge is 0.495 e. The van der Waals surface area contributed by atoms with Crippen molar-refractivity contribution < 1.29 is 17.9 Å². The van der Waals surface area contributed by atoms with Crippen LogP contribution in [0.1, 0.15) is 33.6 Å². The number of fused-ring (bicyclic) bond motifs is 1. The molecule has 2 N–H and O–H groups in total. The number of thiophene rings is 1. The Bertz CT molecular complexity index is 1260. The highest BCUT2D eigenvalue weighted by Gasteiger charge is 2.30. The predicted octanol–water partition coefficient (Wildman–Crippen LogP) is 4.03. The van der Waals surface area contributed by atoms with Crippen LogP contribution < -0.4 is 14.8 Å². The molecule has 32 heavy (non-hydrogen) atoms. The van der Waals surface area contributed by atoms with E-state index in [9.17, 15) is 13.2 Å². The van der Waals surface area contributed by atoms with Crippen molar-refractivity contribution in [3.63, 3.8) is 0 Å². The van der Waals surface area contributed by atoms with E-state index < -0.39 is 10.0 Å². The maximum absolute atomic E-state index is 13.5. The van der Waals surface area contributed by atoms with Crippen molar-refractivity contribution in [3.05, 3.63) is 58.7 Å². The molecular weight excluding hydrogens is 466 g/mol. The molecule has 2 aromatic heterocycles. The van der Waals surface area contributed by atoms with Gasteiger partial charge in [0.05, 0.1) is 23.3 Å². The first-order valence-corrected chi connectivity index (χ1v) is 13.8. The Balaban J connectivity index is 1.51. The van der Waals surface area contributed by atoms with E-state index >= 15 is 0 Å². The zero-order valence-electron chi connectivity index (χ0n) is 17.5. The van der Waals surface area contributed by atoms with Gasteiger partial charge in [0.2, 0.25) is 10.0 Å². The lowest BCUT2D eigenvalue weighted by atomic mass is 10.1. The monoisotopic (exact) mass is 489 g/mol. The molecule has 0 atom stereocenters. The molecule has 5 rings (SSSR count). The molecule has 0 unspecified atom stereocenters. The van der Waals surface area contributed by atoms with Crippen molar-refractivity contribution in [1.29, 1.82) is 0 Å². The van der Waals surface area contributed by atoms with Gasteiger partial charge in [0.15, 0.2) is 0 Å². The van der Waals surface area contributed by atoms with E-state index in [0.29, 0.717) is 17.0 Å². The normalized spacial score (nSPS) is 15.9. The number of hydrogen-bond acceptors (Lipinski definition) is 6. The Hall–Kier alpha value is -2.27. The fourth-order valence-electron chi connectivity index (χ4n) is 3.73. The van der Waals surface area contributed by atoms with Crippen LogP contribution in [0.3, 0.4) is 0 Å². The van der Waals surface area contributed by atoms with Gasteiger partial charge in [-0.3, -0.25) is 4.79 Å². The standard InChI is InChI=1S/C22H23N3O4S3/c1-29-18-7-6-15(32(27,28)24-14-4-5-14)12-17(18)23-21(26)20-16-8-11-30-13-19(16)31-22(20)25-9-2-3-10-25/h2-3,6-7,9-10,12,14,24H,4-5,8,11,13H2,1H3,(H,23,26). The summed E-state index contributed by atoms with van der Waals surface area (Å²) in [6.45, 7) is 0. The Morgan fingerprint density at radius 2 is 2.00 bits per heavy atom. The SMILES string of the molecule is COc1ccc(S(=O)(=O)NC2CC2)cc1NC(=O)c1c(-n2cccc2)sc2c1CCSC2. The Labute approximate surface area is 195 Å². The summed E-state index contributed by atoms with van der Waals surface area (Å²) in [4.78, 5) is 14.9. The first-order chi connectivity index (χ1) is 15.5. The van der Waals surface area contributed by atoms with Crippen LogP contribution in [0.15, 0.2) is 47.6 Å². The average Bonchev–Trinajstić information content (AvgIpc) is 3.27. The van der Waals surface area contributed by atoms with Crippen LogP contribution in [0.2, 0.25) is 0 Å². The molecule has 0 spiro atoms. The lowest BCUT2D eigenvalue weighted by Crippen LogP contribution is -2.26. The van der Waals surface area contributed by atoms with Crippen LogP contribution in [0.25, 0.3) is 5.00 Å². The molecule has 0 saturated heterocycles. The molecule has 1 fully saturated rings. The second-order valence-electron chi connectivity index (χ2n) is 7.79. The fourth-order valence-corrected chi connectivity index (χ4v) is 7.50. The molecule has 2 aliphatic rings. The number of methoxy groups -OCH3 is 1. The zero-order chi connectivity index (χ0) is 22.3. The summed E-state index contributed by atoms with van der Waals surface area (Å²) in [5.41, 5.74) is 2.06. The zero-order valence-corrected chi connectivity index (χ0v) is 19.9. The first-order valence-electron chi connectivity index (χ1n) is 10.3. The molecule has 168 valence electrons. The maximum Gasteiger partial charge on any atom is 0.259 e. The van der Waals surface area contributed by atoms with E-state index in [1.165, 1.54) is 24.1 Å². The first kappa shape index (κ1) is 21.6. The van der Waals surface area contributed by atoms with Crippen molar-refractivity contribution in [3.8, 4) is 10.8 Å². The minimum Gasteiger partial charge on any atom is -0.495 e. The Morgan fingerprint density at radius 3 is 2.72 bits per heavy atom. The Kier molecular flexibility index (Phi) is 5.79. The summed E-state index contributed by atoms with van der Waals surface area (Å²) < 4.78 is 35.4. The third kappa shape index (κ3) is 4.19. The summed E-state index contributed by atoms with van der Waals surface area (Å²) in [6.07, 6.45) is 6.39. The van der Waals surface area contributed by atoms with Gasteiger partial charge >= 0.3 is 0 Å². The van der Waals surface area contributed by atoms with E-state index in [1.54, 1.807) is 17.4 Å². The molecule has 1 amide bonds. The predicted molar refractivity (Wildman–Crippen MR) is 128 cm³/mol. The number of benzene rings is 1. The van der Waals surface area contributed by atoms with Gasteiger partial charge in [0.1, 0.15) is 10.8 Å². The lowest BCUT2D eigenvalue weighted by molar-refractivity contribution is 0.102. The van der Waals surface area contributed by atoms with Crippen LogP contribution in [0.4, 0.5) is 5.69 Å². The molecule has 0 radical (unpaired) electrons. The van der Waals surface area contributed by atoms with E-state index in [1.807, 2.05) is 40.9 Å². The molecule has 1 saturated carbocycles. The number of rotatable bonds is 7. The van der Waals surface area contributed by atoms with E-state index in [0.717, 1.165) is 41.3 Å². The molecule has 3 aromatic rings. The second kappa shape index (κ2) is 8.58. The number of aromatic nitrogens is 1. The van der Waals surface area contributed by atoms with Gasteiger partial charge in [0, 0.05) is 29.1 Å². The van der Waals surface area contributed by atoms with E-state index in [2.05, 4.69) is 10.0 Å². The summed E-state index contributed by atoms with van der Waals surface area (Å²) in [5, 5.41) is 3.80. The van der Waals surface area contributed by atoms with Crippen molar-refractivity contribution in [2.45, 2.75) is 36.0 Å². The summed E-state index contributed by atoms with van der Waals surface area (Å²) in [6, 6.07) is 8.39. The minimum absolute atomic E-state index is 0.000490. The van der Waals surface area contributed by atoms with Gasteiger partial charge in [-0.05, 0) is 60.9 Å². The third-order valence-electron chi connectivity index (χ3n) is 5.50. The van der Waals surface area contributed by atoms with Gasteiger partial charge in [-0.25, -0.2) is 13.1 Å². The van der Waals surface area contributed by atoms with E-state index in [-0.39, 0.29) is 16.8 Å². The van der Waals surface area contributed by atoms with Gasteiger partial charge in [-0.2, -0.15) is 11.8 Å². The number of thioether (sulfide) groups is 1. The van der Waals surface area contributed by atoms with Gasteiger partial charge in [-0.1, -0.05) is 0 Å². The van der Waals surface area contributed by atoms with Crippen LogP contribution >= 0.6 is 23.1 Å². The highest BCUT2D eigenvalue weighted by atomic mass is 32.2. The van der Waals surface area contributed by atoms with Crippen molar-refractivity contribution in [2.24, 2.45) is 0 Å². The third-order valence-corrected chi connectivity index (χ3v) is 9.43. The van der Waals surface area contributed by atoms with Gasteiger partial charge in [-0.15, -0.1) is 11.3 Å². The van der Waals surface area contributed by atoms with Crippen LogP contribution in [0.5, 0.6) is 5.75 Å². The van der Waals surface area contributed by atoms with Crippen LogP contribution in [0, 0.1) is 0 Å². The van der Waals surface area contributed by atoms with E-state index in [4.69, 9.17) is 4.74 Å². The number of ether oxygens (including phenoxy) is 1. The number of carbonyl (C=O) groups excluding carboxylic acids is 1. The minimum atomic E-state index is -3.65. The second-order valence-corrected chi connectivity index (χ2v) is 11.7. The summed E-state index contributed by atoms with van der Waals surface area (Å²) >= 11 is 3.50. The molecule has 1 aromatic carbocycles. The van der Waals surface area contributed by atoms with Crippen molar-refractivity contribution in [1.82, 2.24) is 9.29 Å². The molecule has 0 bridgehead atoms. The number of anilines is 1. The Morgan fingerprint density at radius 1 is 1.22 bits per heavy atom. The van der Waals surface area contributed by atoms with Crippen molar-refractivity contribution >= 4 is 44.7 Å². The van der Waals surface area contributed by atoms with Gasteiger partial charge in [0.25, 0.3) is 5.91 Å². The topological polar surface area (TPSA) is 89.4 Å². The number of sulfonamides is 1. The number of nitrogens with zero attached hydrogens (tertiary/aromatic N) is 1. The smallest absolute Gasteiger partial charge is 0.259 e. The molecular formula is C22H23N3O4S3. The fraction of sp³-hybridized carbons (Fsp3) is 0.318. The van der Waals surface area contributed by atoms with Crippen LogP contribution in [-0.2, 0) is 22.2 Å². The van der Waals surface area contributed by atoms with Crippen molar-refractivity contribution in [2.75, 3.05) is 18.2 Å². The molecule has 3 heterocycles. The molecule has 1 aliphatic carbocycles. The highest BCUT2D eigenvalue weighted by molar-refractivity contribution is 7.98. The summed E-state index contributed by atoms with van der Waals surface area (Å²) in [5.74, 6) is 2.01. The lowest BCUT2D eigenvalue weighted by Gasteiger charge is -2.15. The number of amides is 1. The maximum atomic E-state index is 13.5. The highest BCUT2D eigenvalue weighted by Crippen LogP contribution is 2.39. The number of hydrogen-bond donors (Lipinski definition) is 2. The quantitative estimate of drug-likeness (QED) is 0.523. The summed E-state index contributed by atoms with van der Waals surface area (Å²) in [7, 11) is -2.16.